The maximum Gasteiger partial charge on any atom is 0.219 e. The van der Waals surface area contributed by atoms with Gasteiger partial charge >= 0.3 is 0 Å². The van der Waals surface area contributed by atoms with Gasteiger partial charge in [-0.1, -0.05) is 12.1 Å². The van der Waals surface area contributed by atoms with E-state index in [2.05, 4.69) is 21.8 Å². The highest BCUT2D eigenvalue weighted by molar-refractivity contribution is 5.78. The fraction of sp³-hybridized carbons (Fsp3) is 0.286. The summed E-state index contributed by atoms with van der Waals surface area (Å²) in [6.07, 6.45) is 4.65. The lowest BCUT2D eigenvalue weighted by atomic mass is 10.0. The number of aryl methyl sites for hydroxylation is 1. The summed E-state index contributed by atoms with van der Waals surface area (Å²) in [5, 5.41) is 20.2. The van der Waals surface area contributed by atoms with Crippen LogP contribution in [0.1, 0.15) is 23.7 Å². The third-order valence-electron chi connectivity index (χ3n) is 5.19. The van der Waals surface area contributed by atoms with E-state index in [1.54, 1.807) is 6.92 Å². The molecule has 0 radical (unpaired) electrons. The average Bonchev–Trinajstić information content (AvgIpc) is 3.03. The van der Waals surface area contributed by atoms with Gasteiger partial charge in [0.15, 0.2) is 5.82 Å². The number of hydrogen-bond donors (Lipinski definition) is 2. The molecule has 1 aromatic heterocycles. The van der Waals surface area contributed by atoms with Gasteiger partial charge in [-0.25, -0.2) is 0 Å². The predicted octanol–water partition coefficient (Wildman–Crippen LogP) is 2.46. The van der Waals surface area contributed by atoms with Gasteiger partial charge in [-0.2, -0.15) is 10.4 Å². The van der Waals surface area contributed by atoms with Gasteiger partial charge in [0.25, 0.3) is 0 Å². The molecule has 0 saturated carbocycles. The Morgan fingerprint density at radius 2 is 2.11 bits per heavy atom. The quantitative estimate of drug-likeness (QED) is 0.862. The van der Waals surface area contributed by atoms with Gasteiger partial charge in [0.05, 0.1) is 12.6 Å². The van der Waals surface area contributed by atoms with Crippen molar-refractivity contribution in [3.63, 3.8) is 0 Å². The molecule has 0 fully saturated rings. The lowest BCUT2D eigenvalue weighted by Crippen LogP contribution is -2.34. The van der Waals surface area contributed by atoms with Crippen LogP contribution in [0.2, 0.25) is 0 Å². The van der Waals surface area contributed by atoms with E-state index in [9.17, 15) is 4.79 Å². The highest BCUT2D eigenvalue weighted by atomic mass is 16.2. The first-order chi connectivity index (χ1) is 13.5. The Morgan fingerprint density at radius 1 is 1.32 bits per heavy atom. The van der Waals surface area contributed by atoms with E-state index in [-0.39, 0.29) is 5.91 Å². The van der Waals surface area contributed by atoms with Crippen molar-refractivity contribution in [1.82, 2.24) is 20.0 Å². The molecule has 3 heterocycles. The van der Waals surface area contributed by atoms with Crippen LogP contribution in [0.15, 0.2) is 42.1 Å². The Bertz CT molecular complexity index is 1020. The van der Waals surface area contributed by atoms with Crippen molar-refractivity contribution in [2.45, 2.75) is 19.9 Å². The third kappa shape index (κ3) is 3.37. The Kier molecular flexibility index (Phi) is 4.62. The van der Waals surface area contributed by atoms with E-state index in [1.165, 1.54) is 5.69 Å². The van der Waals surface area contributed by atoms with E-state index in [1.807, 2.05) is 53.2 Å². The number of carbonyl (C=O) groups excluding carboxylic acids is 1. The van der Waals surface area contributed by atoms with Crippen LogP contribution in [-0.2, 0) is 24.8 Å². The summed E-state index contributed by atoms with van der Waals surface area (Å²) < 4.78 is 1.90. The van der Waals surface area contributed by atoms with E-state index >= 15 is 0 Å². The van der Waals surface area contributed by atoms with Crippen LogP contribution in [0.3, 0.4) is 0 Å². The SMILES string of the molecule is CC(=O)N1CCc2c(c(Nc3ccc(C4=CNCC(C#N)=C4)cc3)nn2C)C1. The summed E-state index contributed by atoms with van der Waals surface area (Å²) in [6.45, 7) is 3.49. The Balaban J connectivity index is 1.55. The maximum atomic E-state index is 11.8. The van der Waals surface area contributed by atoms with Gasteiger partial charge in [-0.05, 0) is 29.3 Å². The molecule has 2 aromatic rings. The Labute approximate surface area is 163 Å². The van der Waals surface area contributed by atoms with Crippen molar-refractivity contribution in [3.8, 4) is 6.07 Å². The summed E-state index contributed by atoms with van der Waals surface area (Å²) in [5.74, 6) is 0.880. The summed E-state index contributed by atoms with van der Waals surface area (Å²) in [6, 6.07) is 10.2. The van der Waals surface area contributed by atoms with Crippen molar-refractivity contribution in [1.29, 1.82) is 5.26 Å². The van der Waals surface area contributed by atoms with Crippen LogP contribution >= 0.6 is 0 Å². The summed E-state index contributed by atoms with van der Waals surface area (Å²) in [7, 11) is 1.94. The number of amides is 1. The fourth-order valence-electron chi connectivity index (χ4n) is 3.63. The van der Waals surface area contributed by atoms with Crippen molar-refractivity contribution in [2.75, 3.05) is 18.4 Å². The molecule has 0 bridgehead atoms. The first-order valence-electron chi connectivity index (χ1n) is 9.27. The molecule has 0 saturated heterocycles. The Hall–Kier alpha value is -3.53. The summed E-state index contributed by atoms with van der Waals surface area (Å²) in [5.41, 5.74) is 5.92. The maximum absolute atomic E-state index is 11.8. The molecule has 0 aliphatic carbocycles. The molecule has 7 nitrogen and oxygen atoms in total. The number of hydrogen-bond acceptors (Lipinski definition) is 5. The lowest BCUT2D eigenvalue weighted by Gasteiger charge is -2.26. The minimum absolute atomic E-state index is 0.0870. The number of rotatable bonds is 3. The molecule has 0 spiro atoms. The molecule has 1 aromatic carbocycles. The molecule has 2 aliphatic rings. The number of dihydropyridines is 1. The largest absolute Gasteiger partial charge is 0.386 e. The van der Waals surface area contributed by atoms with E-state index in [0.29, 0.717) is 13.1 Å². The van der Waals surface area contributed by atoms with Crippen LogP contribution in [0.4, 0.5) is 11.5 Å². The molecule has 0 atom stereocenters. The van der Waals surface area contributed by atoms with Gasteiger partial charge in [0.2, 0.25) is 5.91 Å². The standard InChI is InChI=1S/C21H22N6O/c1-14(28)27-8-7-20-19(13-27)21(25-26(20)2)24-18-5-3-16(4-6-18)17-9-15(10-22)11-23-12-17/h3-6,9,12,23H,7-8,11,13H2,1-2H3,(H,24,25). The summed E-state index contributed by atoms with van der Waals surface area (Å²) in [4.78, 5) is 13.6. The zero-order chi connectivity index (χ0) is 19.7. The molecule has 2 aliphatic heterocycles. The highest BCUT2D eigenvalue weighted by Crippen LogP contribution is 2.29. The smallest absolute Gasteiger partial charge is 0.219 e. The lowest BCUT2D eigenvalue weighted by molar-refractivity contribution is -0.129. The van der Waals surface area contributed by atoms with Crippen molar-refractivity contribution >= 4 is 23.0 Å². The van der Waals surface area contributed by atoms with Crippen LogP contribution in [0, 0.1) is 11.3 Å². The molecule has 142 valence electrons. The molecule has 4 rings (SSSR count). The molecule has 1 amide bonds. The van der Waals surface area contributed by atoms with E-state index < -0.39 is 0 Å². The highest BCUT2D eigenvalue weighted by Gasteiger charge is 2.25. The first-order valence-corrected chi connectivity index (χ1v) is 9.27. The normalized spacial score (nSPS) is 15.7. The van der Waals surface area contributed by atoms with Crippen LogP contribution in [0.25, 0.3) is 5.57 Å². The second-order valence-corrected chi connectivity index (χ2v) is 7.05. The fourth-order valence-corrected chi connectivity index (χ4v) is 3.63. The van der Waals surface area contributed by atoms with Crippen LogP contribution in [-0.4, -0.2) is 33.7 Å². The molecule has 0 unspecified atom stereocenters. The third-order valence-corrected chi connectivity index (χ3v) is 5.19. The van der Waals surface area contributed by atoms with Crippen molar-refractivity contribution in [3.05, 3.63) is 58.9 Å². The minimum atomic E-state index is 0.0870. The van der Waals surface area contributed by atoms with Gasteiger partial charge in [-0.15, -0.1) is 0 Å². The molecular weight excluding hydrogens is 352 g/mol. The number of fused-ring (bicyclic) bond motifs is 1. The zero-order valence-corrected chi connectivity index (χ0v) is 16.0. The van der Waals surface area contributed by atoms with Gasteiger partial charge < -0.3 is 15.5 Å². The number of benzene rings is 1. The number of anilines is 2. The zero-order valence-electron chi connectivity index (χ0n) is 16.0. The number of carbonyl (C=O) groups is 1. The van der Waals surface area contributed by atoms with Crippen LogP contribution in [0.5, 0.6) is 0 Å². The number of nitriles is 1. The Morgan fingerprint density at radius 3 is 2.82 bits per heavy atom. The number of aromatic nitrogens is 2. The monoisotopic (exact) mass is 374 g/mol. The van der Waals surface area contributed by atoms with E-state index in [0.717, 1.165) is 46.7 Å². The van der Waals surface area contributed by atoms with Gasteiger partial charge in [-0.3, -0.25) is 9.48 Å². The molecule has 7 heteroatoms. The van der Waals surface area contributed by atoms with Crippen molar-refractivity contribution < 1.29 is 4.79 Å². The summed E-state index contributed by atoms with van der Waals surface area (Å²) >= 11 is 0. The number of nitrogens with one attached hydrogen (secondary N) is 2. The van der Waals surface area contributed by atoms with Gasteiger partial charge in [0.1, 0.15) is 0 Å². The van der Waals surface area contributed by atoms with Gasteiger partial charge in [0, 0.05) is 62.2 Å². The topological polar surface area (TPSA) is 86.0 Å². The number of nitrogens with zero attached hydrogens (tertiary/aromatic N) is 4. The molecule has 2 N–H and O–H groups in total. The second kappa shape index (κ2) is 7.24. The number of allylic oxidation sites excluding steroid dienone is 2. The molecule has 28 heavy (non-hydrogen) atoms. The average molecular weight is 374 g/mol. The van der Waals surface area contributed by atoms with Crippen LogP contribution < -0.4 is 10.6 Å². The second-order valence-electron chi connectivity index (χ2n) is 7.05. The predicted molar refractivity (Wildman–Crippen MR) is 107 cm³/mol. The van der Waals surface area contributed by atoms with E-state index in [4.69, 9.17) is 5.26 Å². The first kappa shape index (κ1) is 17.9. The minimum Gasteiger partial charge on any atom is -0.386 e. The van der Waals surface area contributed by atoms with Crippen molar-refractivity contribution in [2.24, 2.45) is 7.05 Å². The molecular formula is C21H22N6O.